The van der Waals surface area contributed by atoms with Crippen LogP contribution in [-0.2, 0) is 21.2 Å². The highest BCUT2D eigenvalue weighted by molar-refractivity contribution is 7.89. The number of thiophene rings is 1. The molecule has 1 fully saturated rings. The summed E-state index contributed by atoms with van der Waals surface area (Å²) in [6, 6.07) is 9.57. The fourth-order valence-electron chi connectivity index (χ4n) is 3.22. The number of carbonyl (C=O) groups excluding carboxylic acids is 1. The van der Waals surface area contributed by atoms with E-state index in [9.17, 15) is 13.2 Å². The summed E-state index contributed by atoms with van der Waals surface area (Å²) >= 11 is 1.69. The molecule has 0 unspecified atom stereocenters. The van der Waals surface area contributed by atoms with Gasteiger partial charge >= 0.3 is 0 Å². The molecule has 148 valence electrons. The van der Waals surface area contributed by atoms with Crippen molar-refractivity contribution in [3.8, 4) is 0 Å². The van der Waals surface area contributed by atoms with E-state index < -0.39 is 10.0 Å². The minimum Gasteiger partial charge on any atom is -0.379 e. The lowest BCUT2D eigenvalue weighted by atomic mass is 10.1. The van der Waals surface area contributed by atoms with Crippen molar-refractivity contribution in [3.63, 3.8) is 0 Å². The molecule has 1 aliphatic rings. The Kier molecular flexibility index (Phi) is 5.49. The van der Waals surface area contributed by atoms with Gasteiger partial charge in [-0.05, 0) is 34.9 Å². The molecule has 2 N–H and O–H groups in total. The molecular formula is C19H21N3O4S2. The maximum absolute atomic E-state index is 12.6. The number of rotatable bonds is 6. The molecule has 0 radical (unpaired) electrons. The van der Waals surface area contributed by atoms with Crippen LogP contribution in [0.15, 0.2) is 46.8 Å². The van der Waals surface area contributed by atoms with Crippen LogP contribution in [0.5, 0.6) is 0 Å². The number of sulfonamides is 1. The van der Waals surface area contributed by atoms with Crippen LogP contribution < -0.4 is 5.32 Å². The number of carbonyl (C=O) groups is 1. The summed E-state index contributed by atoms with van der Waals surface area (Å²) in [5, 5.41) is 6.17. The van der Waals surface area contributed by atoms with Gasteiger partial charge in [0, 0.05) is 30.5 Å². The van der Waals surface area contributed by atoms with E-state index in [4.69, 9.17) is 4.74 Å². The fraction of sp³-hybridized carbons (Fsp3) is 0.316. The second kappa shape index (κ2) is 8.04. The number of aromatic nitrogens is 1. The summed E-state index contributed by atoms with van der Waals surface area (Å²) in [7, 11) is -3.61. The standard InChI is InChI=1S/C19H21N3O4S2/c23-19(20-6-5-14-13-27-18-4-2-1-3-16(14)18)17-11-15(12-21-17)28(24,25)22-7-9-26-10-8-22/h1-4,11-13,21H,5-10H2,(H,20,23). The Hall–Kier alpha value is -2.20. The van der Waals surface area contributed by atoms with E-state index >= 15 is 0 Å². The third-order valence-corrected chi connectivity index (χ3v) is 7.64. The van der Waals surface area contributed by atoms with Crippen LogP contribution in [-0.4, -0.2) is 56.5 Å². The number of H-pyrrole nitrogens is 1. The quantitative estimate of drug-likeness (QED) is 0.641. The van der Waals surface area contributed by atoms with Gasteiger partial charge in [0.15, 0.2) is 0 Å². The van der Waals surface area contributed by atoms with E-state index in [1.807, 2.05) is 12.1 Å². The lowest BCUT2D eigenvalue weighted by molar-refractivity contribution is 0.0730. The van der Waals surface area contributed by atoms with Crippen molar-refractivity contribution in [1.82, 2.24) is 14.6 Å². The second-order valence-electron chi connectivity index (χ2n) is 6.53. The fourth-order valence-corrected chi connectivity index (χ4v) is 5.62. The normalized spacial score (nSPS) is 15.7. The zero-order valence-electron chi connectivity index (χ0n) is 15.2. The molecule has 0 atom stereocenters. The Morgan fingerprint density at radius 3 is 2.86 bits per heavy atom. The van der Waals surface area contributed by atoms with E-state index in [-0.39, 0.29) is 16.5 Å². The van der Waals surface area contributed by atoms with Crippen molar-refractivity contribution in [1.29, 1.82) is 0 Å². The largest absolute Gasteiger partial charge is 0.379 e. The van der Waals surface area contributed by atoms with Crippen molar-refractivity contribution in [2.75, 3.05) is 32.8 Å². The Balaban J connectivity index is 1.38. The van der Waals surface area contributed by atoms with Crippen molar-refractivity contribution < 1.29 is 17.9 Å². The lowest BCUT2D eigenvalue weighted by Gasteiger charge is -2.25. The number of fused-ring (bicyclic) bond motifs is 1. The van der Waals surface area contributed by atoms with Crippen LogP contribution in [0, 0.1) is 0 Å². The zero-order valence-corrected chi connectivity index (χ0v) is 16.8. The Morgan fingerprint density at radius 1 is 1.25 bits per heavy atom. The minimum atomic E-state index is -3.61. The topological polar surface area (TPSA) is 91.5 Å². The van der Waals surface area contributed by atoms with Crippen molar-refractivity contribution in [3.05, 3.63) is 53.2 Å². The van der Waals surface area contributed by atoms with Gasteiger partial charge in [0.2, 0.25) is 10.0 Å². The average molecular weight is 420 g/mol. The highest BCUT2D eigenvalue weighted by atomic mass is 32.2. The summed E-state index contributed by atoms with van der Waals surface area (Å²) in [6.45, 7) is 1.89. The molecule has 4 rings (SSSR count). The molecule has 0 spiro atoms. The number of benzene rings is 1. The van der Waals surface area contributed by atoms with Crippen LogP contribution in [0.25, 0.3) is 10.1 Å². The van der Waals surface area contributed by atoms with E-state index in [0.717, 1.165) is 6.42 Å². The first-order valence-corrected chi connectivity index (χ1v) is 11.4. The molecule has 3 aromatic rings. The summed E-state index contributed by atoms with van der Waals surface area (Å²) in [5.41, 5.74) is 1.44. The molecule has 0 saturated carbocycles. The number of amides is 1. The highest BCUT2D eigenvalue weighted by Gasteiger charge is 2.27. The summed E-state index contributed by atoms with van der Waals surface area (Å²) in [4.78, 5) is 15.3. The monoisotopic (exact) mass is 419 g/mol. The Bertz CT molecular complexity index is 1080. The van der Waals surface area contributed by atoms with E-state index in [1.54, 1.807) is 11.3 Å². The van der Waals surface area contributed by atoms with Gasteiger partial charge in [0.25, 0.3) is 5.91 Å². The van der Waals surface area contributed by atoms with Gasteiger partial charge in [-0.15, -0.1) is 11.3 Å². The molecule has 0 aliphatic carbocycles. The van der Waals surface area contributed by atoms with Gasteiger partial charge in [0.05, 0.1) is 13.2 Å². The number of hydrogen-bond acceptors (Lipinski definition) is 5. The third-order valence-electron chi connectivity index (χ3n) is 4.75. The van der Waals surface area contributed by atoms with Crippen LogP contribution in [0.3, 0.4) is 0 Å². The zero-order chi connectivity index (χ0) is 19.6. The maximum Gasteiger partial charge on any atom is 0.267 e. The number of morpholine rings is 1. The molecule has 0 bridgehead atoms. The first-order valence-electron chi connectivity index (χ1n) is 9.05. The molecule has 2 aromatic heterocycles. The van der Waals surface area contributed by atoms with Crippen LogP contribution >= 0.6 is 11.3 Å². The first kappa shape index (κ1) is 19.1. The van der Waals surface area contributed by atoms with Crippen molar-refractivity contribution in [2.45, 2.75) is 11.3 Å². The average Bonchev–Trinajstić information content (AvgIpc) is 3.37. The molecule has 1 saturated heterocycles. The van der Waals surface area contributed by atoms with Gasteiger partial charge in [-0.25, -0.2) is 8.42 Å². The summed E-state index contributed by atoms with van der Waals surface area (Å²) < 4.78 is 33.1. The van der Waals surface area contributed by atoms with Gasteiger partial charge in [0.1, 0.15) is 10.6 Å². The summed E-state index contributed by atoms with van der Waals surface area (Å²) in [5.74, 6) is -0.317. The van der Waals surface area contributed by atoms with E-state index in [2.05, 4.69) is 27.8 Å². The highest BCUT2D eigenvalue weighted by Crippen LogP contribution is 2.25. The maximum atomic E-state index is 12.6. The second-order valence-corrected chi connectivity index (χ2v) is 9.38. The van der Waals surface area contributed by atoms with E-state index in [0.29, 0.717) is 32.8 Å². The molecule has 1 aromatic carbocycles. The number of nitrogens with zero attached hydrogens (tertiary/aromatic N) is 1. The molecule has 7 nitrogen and oxygen atoms in total. The molecule has 1 amide bonds. The molecular weight excluding hydrogens is 398 g/mol. The SMILES string of the molecule is O=C(NCCc1csc2ccccc12)c1cc(S(=O)(=O)N2CCOCC2)c[nH]1. The predicted molar refractivity (Wildman–Crippen MR) is 108 cm³/mol. The molecule has 9 heteroatoms. The first-order chi connectivity index (χ1) is 13.6. The van der Waals surface area contributed by atoms with Gasteiger partial charge < -0.3 is 15.0 Å². The number of ether oxygens (including phenoxy) is 1. The van der Waals surface area contributed by atoms with Gasteiger partial charge in [-0.1, -0.05) is 18.2 Å². The number of aromatic amines is 1. The predicted octanol–water partition coefficient (Wildman–Crippen LogP) is 2.22. The Morgan fingerprint density at radius 2 is 2.04 bits per heavy atom. The van der Waals surface area contributed by atoms with Crippen LogP contribution in [0.4, 0.5) is 0 Å². The molecule has 3 heterocycles. The lowest BCUT2D eigenvalue weighted by Crippen LogP contribution is -2.40. The molecule has 28 heavy (non-hydrogen) atoms. The number of nitrogens with one attached hydrogen (secondary N) is 2. The van der Waals surface area contributed by atoms with E-state index in [1.165, 1.54) is 32.2 Å². The smallest absolute Gasteiger partial charge is 0.267 e. The van der Waals surface area contributed by atoms with Gasteiger partial charge in [-0.3, -0.25) is 4.79 Å². The van der Waals surface area contributed by atoms with Crippen molar-refractivity contribution in [2.24, 2.45) is 0 Å². The Labute approximate surface area is 167 Å². The summed E-state index contributed by atoms with van der Waals surface area (Å²) in [6.07, 6.45) is 2.08. The molecule has 1 aliphatic heterocycles. The van der Waals surface area contributed by atoms with Gasteiger partial charge in [-0.2, -0.15) is 4.31 Å². The van der Waals surface area contributed by atoms with Crippen LogP contribution in [0.1, 0.15) is 16.1 Å². The van der Waals surface area contributed by atoms with Crippen LogP contribution in [0.2, 0.25) is 0 Å². The number of hydrogen-bond donors (Lipinski definition) is 2. The minimum absolute atomic E-state index is 0.100. The van der Waals surface area contributed by atoms with Crippen molar-refractivity contribution >= 4 is 37.4 Å². The third kappa shape index (κ3) is 3.83.